The molecule has 4 nitrogen and oxygen atoms in total. The number of hydrogen-bond donors (Lipinski definition) is 3. The average molecular weight is 135 g/mol. The number of rotatable bonds is 2. The molecule has 0 aromatic rings. The van der Waals surface area contributed by atoms with Gasteiger partial charge >= 0.3 is 5.97 Å². The fraction of sp³-hybridized carbons (Fsp3) is 0.667. The van der Waals surface area contributed by atoms with Gasteiger partial charge in [-0.25, -0.2) is 0 Å². The Morgan fingerprint density at radius 1 is 1.40 bits per heavy atom. The first-order chi connectivity index (χ1) is 4.19. The molecule has 6 radical (unpaired) electrons. The smallest absolute Gasteiger partial charge is 0.315 e. The molecular formula is C3H4B3NO3. The van der Waals surface area contributed by atoms with Crippen LogP contribution in [0.4, 0.5) is 0 Å². The van der Waals surface area contributed by atoms with Crippen LogP contribution in [0.1, 0.15) is 0 Å². The van der Waals surface area contributed by atoms with Gasteiger partial charge in [0.05, 0.1) is 5.44 Å². The molecule has 48 valence electrons. The summed E-state index contributed by atoms with van der Waals surface area (Å²) in [5.74, 6) is -1.68. The van der Waals surface area contributed by atoms with Crippen molar-refractivity contribution in [3.05, 3.63) is 0 Å². The van der Waals surface area contributed by atoms with Crippen molar-refractivity contribution in [2.45, 2.75) is 10.8 Å². The van der Waals surface area contributed by atoms with Crippen molar-refractivity contribution in [2.24, 2.45) is 5.73 Å². The van der Waals surface area contributed by atoms with Crippen LogP contribution >= 0.6 is 0 Å². The van der Waals surface area contributed by atoms with Gasteiger partial charge in [0.2, 0.25) is 0 Å². The van der Waals surface area contributed by atoms with Gasteiger partial charge in [-0.05, 0) is 0 Å². The summed E-state index contributed by atoms with van der Waals surface area (Å²) in [7, 11) is 14.2. The standard InChI is InChI=1S/C3H4B3NO3/c4-2(7,1(8)9)3(5,6)10/h10H,7H2,(H,8,9)/t2-/m0/s1. The van der Waals surface area contributed by atoms with E-state index in [0.717, 1.165) is 0 Å². The molecule has 0 saturated heterocycles. The minimum Gasteiger partial charge on any atom is -0.480 e. The summed E-state index contributed by atoms with van der Waals surface area (Å²) in [6.07, 6.45) is 0. The van der Waals surface area contributed by atoms with Crippen molar-refractivity contribution >= 4 is 29.5 Å². The van der Waals surface area contributed by atoms with Crippen LogP contribution in [0.5, 0.6) is 0 Å². The summed E-state index contributed by atoms with van der Waals surface area (Å²) >= 11 is 0. The zero-order chi connectivity index (χ0) is 8.58. The SMILES string of the molecule is [B]C([B])(O)[C@@]([B])(N)C(=O)O. The maximum atomic E-state index is 10.1. The molecule has 1 atom stereocenters. The Kier molecular flexibility index (Phi) is 2.23. The molecule has 10 heavy (non-hydrogen) atoms. The highest BCUT2D eigenvalue weighted by molar-refractivity contribution is 6.48. The molecule has 0 saturated carbocycles. The van der Waals surface area contributed by atoms with Gasteiger partial charge in [-0.1, -0.05) is 0 Å². The predicted molar refractivity (Wildman–Crippen MR) is 36.8 cm³/mol. The number of carbonyl (C=O) groups is 1. The number of aliphatic hydroxyl groups is 1. The van der Waals surface area contributed by atoms with Crippen LogP contribution in [0, 0.1) is 0 Å². The number of hydrogen-bond acceptors (Lipinski definition) is 3. The van der Waals surface area contributed by atoms with E-state index in [4.69, 9.17) is 39.5 Å². The van der Waals surface area contributed by atoms with Gasteiger partial charge in [-0.3, -0.25) is 4.79 Å². The van der Waals surface area contributed by atoms with E-state index in [1.807, 2.05) is 0 Å². The molecule has 0 heterocycles. The first-order valence-electron chi connectivity index (χ1n) is 2.31. The van der Waals surface area contributed by atoms with Gasteiger partial charge < -0.3 is 15.9 Å². The van der Waals surface area contributed by atoms with Crippen molar-refractivity contribution in [3.63, 3.8) is 0 Å². The van der Waals surface area contributed by atoms with E-state index in [1.54, 1.807) is 0 Å². The van der Waals surface area contributed by atoms with Crippen LogP contribution in [0.3, 0.4) is 0 Å². The Hall–Kier alpha value is -0.415. The van der Waals surface area contributed by atoms with Gasteiger partial charge in [0.1, 0.15) is 23.5 Å². The van der Waals surface area contributed by atoms with Crippen LogP contribution in [0.25, 0.3) is 0 Å². The Balaban J connectivity index is 4.57. The highest BCUT2D eigenvalue weighted by atomic mass is 16.4. The maximum absolute atomic E-state index is 10.1. The maximum Gasteiger partial charge on any atom is 0.315 e. The molecule has 0 rings (SSSR count). The Labute approximate surface area is 62.0 Å². The van der Waals surface area contributed by atoms with Gasteiger partial charge in [-0.2, -0.15) is 0 Å². The van der Waals surface area contributed by atoms with Crippen LogP contribution < -0.4 is 5.73 Å². The molecule has 0 spiro atoms. The van der Waals surface area contributed by atoms with Crippen molar-refractivity contribution in [3.8, 4) is 0 Å². The fourth-order valence-corrected chi connectivity index (χ4v) is 0.171. The van der Waals surface area contributed by atoms with Crippen LogP contribution in [0.15, 0.2) is 0 Å². The van der Waals surface area contributed by atoms with Crippen LogP contribution in [0.2, 0.25) is 0 Å². The monoisotopic (exact) mass is 135 g/mol. The van der Waals surface area contributed by atoms with Gasteiger partial charge in [0.25, 0.3) is 0 Å². The summed E-state index contributed by atoms with van der Waals surface area (Å²) in [5, 5.41) is 14.2. The zero-order valence-electron chi connectivity index (χ0n) is 5.11. The van der Waals surface area contributed by atoms with Crippen LogP contribution in [-0.4, -0.2) is 50.6 Å². The topological polar surface area (TPSA) is 83.5 Å². The molecule has 0 aromatic carbocycles. The Morgan fingerprint density at radius 3 is 1.70 bits per heavy atom. The minimum atomic E-state index is -2.63. The van der Waals surface area contributed by atoms with E-state index in [-0.39, 0.29) is 0 Å². The molecular weight excluding hydrogens is 130 g/mol. The van der Waals surface area contributed by atoms with Crippen molar-refractivity contribution < 1.29 is 15.0 Å². The highest BCUT2D eigenvalue weighted by Crippen LogP contribution is 2.08. The normalized spacial score (nSPS) is 17.8. The van der Waals surface area contributed by atoms with Gasteiger partial charge in [-0.15, -0.1) is 0 Å². The third-order valence-corrected chi connectivity index (χ3v) is 1.02. The lowest BCUT2D eigenvalue weighted by atomic mass is 9.48. The average Bonchev–Trinajstić information content (AvgIpc) is 1.62. The molecule has 0 aliphatic heterocycles. The minimum absolute atomic E-state index is 1.68. The number of aliphatic carboxylic acids is 1. The quantitative estimate of drug-likeness (QED) is 0.349. The lowest BCUT2D eigenvalue weighted by Gasteiger charge is -2.34. The van der Waals surface area contributed by atoms with Gasteiger partial charge in [0.15, 0.2) is 0 Å². The largest absolute Gasteiger partial charge is 0.480 e. The Morgan fingerprint density at radius 2 is 1.70 bits per heavy atom. The molecule has 0 unspecified atom stereocenters. The third-order valence-electron chi connectivity index (χ3n) is 1.02. The lowest BCUT2D eigenvalue weighted by molar-refractivity contribution is -0.142. The molecule has 0 fully saturated rings. The second-order valence-corrected chi connectivity index (χ2v) is 2.00. The summed E-state index contributed by atoms with van der Waals surface area (Å²) < 4.78 is 0. The number of nitrogens with two attached hydrogens (primary N) is 1. The second kappa shape index (κ2) is 2.32. The molecule has 4 N–H and O–H groups in total. The molecule has 0 amide bonds. The Bertz CT molecular complexity index is 152. The summed E-state index contributed by atoms with van der Waals surface area (Å²) in [5.41, 5.74) is 2.28. The van der Waals surface area contributed by atoms with E-state index < -0.39 is 16.8 Å². The summed E-state index contributed by atoms with van der Waals surface area (Å²) in [6.45, 7) is 0. The molecule has 0 aromatic heterocycles. The molecule has 7 heteroatoms. The summed E-state index contributed by atoms with van der Waals surface area (Å²) in [6, 6.07) is 0. The van der Waals surface area contributed by atoms with Crippen molar-refractivity contribution in [1.29, 1.82) is 0 Å². The highest BCUT2D eigenvalue weighted by Gasteiger charge is 2.40. The predicted octanol–water partition coefficient (Wildman–Crippen LogP) is -3.12. The van der Waals surface area contributed by atoms with Crippen molar-refractivity contribution in [2.75, 3.05) is 0 Å². The lowest BCUT2D eigenvalue weighted by Crippen LogP contribution is -2.67. The third kappa shape index (κ3) is 1.55. The van der Waals surface area contributed by atoms with Crippen LogP contribution in [-0.2, 0) is 4.79 Å². The second-order valence-electron chi connectivity index (χ2n) is 2.00. The van der Waals surface area contributed by atoms with E-state index in [1.165, 1.54) is 0 Å². The molecule has 0 bridgehead atoms. The van der Waals surface area contributed by atoms with Crippen molar-refractivity contribution in [1.82, 2.24) is 0 Å². The van der Waals surface area contributed by atoms with E-state index in [2.05, 4.69) is 0 Å². The fourth-order valence-electron chi connectivity index (χ4n) is 0.171. The molecule has 0 aliphatic carbocycles. The molecule has 0 aliphatic rings. The number of carboxylic acid groups (broad SMARTS) is 1. The van der Waals surface area contributed by atoms with E-state index in [0.29, 0.717) is 0 Å². The zero-order valence-corrected chi connectivity index (χ0v) is 5.11. The van der Waals surface area contributed by atoms with E-state index in [9.17, 15) is 4.79 Å². The summed E-state index contributed by atoms with van der Waals surface area (Å²) in [4.78, 5) is 10.1. The van der Waals surface area contributed by atoms with E-state index >= 15 is 0 Å². The first-order valence-corrected chi connectivity index (χ1v) is 2.31. The van der Waals surface area contributed by atoms with Gasteiger partial charge in [0, 0.05) is 5.40 Å². The first kappa shape index (κ1) is 9.58. The number of carboxylic acids is 1.